The van der Waals surface area contributed by atoms with Crippen LogP contribution in [0.1, 0.15) is 28.8 Å². The maximum Gasteiger partial charge on any atom is 0.260 e. The highest BCUT2D eigenvalue weighted by Crippen LogP contribution is 2.34. The van der Waals surface area contributed by atoms with E-state index in [4.69, 9.17) is 21.3 Å². The zero-order valence-corrected chi connectivity index (χ0v) is 22.4. The van der Waals surface area contributed by atoms with Crippen molar-refractivity contribution >= 4 is 54.2 Å². The Morgan fingerprint density at radius 1 is 1.22 bits per heavy atom. The van der Waals surface area contributed by atoms with E-state index in [-0.39, 0.29) is 30.0 Å². The van der Waals surface area contributed by atoms with Gasteiger partial charge in [0.1, 0.15) is 0 Å². The number of sulfonamides is 1. The summed E-state index contributed by atoms with van der Waals surface area (Å²) in [7, 11) is -3.76. The average Bonchev–Trinajstić information content (AvgIpc) is 3.52. The van der Waals surface area contributed by atoms with Crippen LogP contribution in [0.15, 0.2) is 66.6 Å². The molecule has 0 saturated carbocycles. The van der Waals surface area contributed by atoms with Crippen molar-refractivity contribution in [3.63, 3.8) is 0 Å². The van der Waals surface area contributed by atoms with Gasteiger partial charge in [-0.05, 0) is 61.7 Å². The summed E-state index contributed by atoms with van der Waals surface area (Å²) in [6.45, 7) is 10.5. The average molecular weight is 546 g/mol. The van der Waals surface area contributed by atoms with Gasteiger partial charge in [0.25, 0.3) is 5.91 Å². The summed E-state index contributed by atoms with van der Waals surface area (Å²) < 4.78 is 34.0. The fraction of sp³-hybridized carbons (Fsp3) is 0.308. The van der Waals surface area contributed by atoms with Gasteiger partial charge in [0.05, 0.1) is 27.8 Å². The number of anilines is 1. The third-order valence-electron chi connectivity index (χ3n) is 5.93. The maximum absolute atomic E-state index is 13.7. The molecule has 0 aliphatic carbocycles. The van der Waals surface area contributed by atoms with Crippen molar-refractivity contribution in [1.82, 2.24) is 9.29 Å². The number of carbonyl (C=O) groups is 1. The number of aromatic nitrogens is 1. The van der Waals surface area contributed by atoms with Crippen LogP contribution in [0.3, 0.4) is 0 Å². The Bertz CT molecular complexity index is 1370. The van der Waals surface area contributed by atoms with Crippen LogP contribution in [0.5, 0.6) is 0 Å². The molecule has 1 unspecified atom stereocenters. The molecule has 1 saturated heterocycles. The molecule has 2 aromatic carbocycles. The lowest BCUT2D eigenvalue weighted by atomic mass is 10.2. The molecule has 2 heterocycles. The number of fused-ring (bicyclic) bond motifs is 1. The van der Waals surface area contributed by atoms with Gasteiger partial charge in [-0.25, -0.2) is 13.4 Å². The summed E-state index contributed by atoms with van der Waals surface area (Å²) in [5.41, 5.74) is 2.10. The zero-order valence-electron chi connectivity index (χ0n) is 20.0. The number of nitrogens with zero attached hydrogens (tertiary/aromatic N) is 3. The molecule has 1 fully saturated rings. The lowest BCUT2D eigenvalue weighted by Crippen LogP contribution is -2.37. The first kappa shape index (κ1) is 26.5. The SMILES string of the molecule is C=CCN(CC=C)S(=O)(=O)c1ccc(C(=O)N(CC2CCCO2)c2nc3c(C)cc(Cl)cc3s2)cc1. The monoisotopic (exact) mass is 545 g/mol. The third kappa shape index (κ3) is 5.55. The lowest BCUT2D eigenvalue weighted by molar-refractivity contribution is 0.0917. The normalized spacial score (nSPS) is 15.9. The highest BCUT2D eigenvalue weighted by Gasteiger charge is 2.28. The second kappa shape index (κ2) is 11.2. The first-order valence-corrected chi connectivity index (χ1v) is 14.2. The minimum Gasteiger partial charge on any atom is -0.376 e. The molecule has 190 valence electrons. The maximum atomic E-state index is 13.7. The van der Waals surface area contributed by atoms with Crippen LogP contribution in [0.2, 0.25) is 5.02 Å². The second-order valence-corrected chi connectivity index (χ2v) is 11.9. The van der Waals surface area contributed by atoms with E-state index in [0.29, 0.717) is 28.9 Å². The van der Waals surface area contributed by atoms with Crippen molar-refractivity contribution in [3.8, 4) is 0 Å². The van der Waals surface area contributed by atoms with Gasteiger partial charge in [-0.3, -0.25) is 9.69 Å². The van der Waals surface area contributed by atoms with Crippen molar-refractivity contribution in [2.75, 3.05) is 31.1 Å². The highest BCUT2D eigenvalue weighted by atomic mass is 35.5. The van der Waals surface area contributed by atoms with Gasteiger partial charge in [0.2, 0.25) is 10.0 Å². The third-order valence-corrected chi connectivity index (χ3v) is 9.02. The van der Waals surface area contributed by atoms with Gasteiger partial charge in [-0.2, -0.15) is 4.31 Å². The van der Waals surface area contributed by atoms with E-state index in [1.54, 1.807) is 4.90 Å². The fourth-order valence-corrected chi connectivity index (χ4v) is 6.94. The number of halogens is 1. The van der Waals surface area contributed by atoms with E-state index in [1.807, 2.05) is 19.1 Å². The van der Waals surface area contributed by atoms with Crippen LogP contribution in [-0.4, -0.2) is 56.0 Å². The molecule has 7 nitrogen and oxygen atoms in total. The van der Waals surface area contributed by atoms with Gasteiger partial charge < -0.3 is 4.74 Å². The first-order valence-electron chi connectivity index (χ1n) is 11.6. The Balaban J connectivity index is 1.67. The quantitative estimate of drug-likeness (QED) is 0.317. The molecule has 1 amide bonds. The lowest BCUT2D eigenvalue weighted by Gasteiger charge is -2.23. The number of aryl methyl sites for hydroxylation is 1. The van der Waals surface area contributed by atoms with Crippen molar-refractivity contribution in [3.05, 3.63) is 77.9 Å². The Morgan fingerprint density at radius 2 is 1.92 bits per heavy atom. The smallest absolute Gasteiger partial charge is 0.260 e. The molecular formula is C26H28ClN3O4S2. The molecule has 1 aliphatic rings. The number of carbonyl (C=O) groups excluding carboxylic acids is 1. The largest absolute Gasteiger partial charge is 0.376 e. The van der Waals surface area contributed by atoms with Gasteiger partial charge >= 0.3 is 0 Å². The molecule has 36 heavy (non-hydrogen) atoms. The van der Waals surface area contributed by atoms with E-state index in [9.17, 15) is 13.2 Å². The van der Waals surface area contributed by atoms with Gasteiger partial charge in [0.15, 0.2) is 5.13 Å². The van der Waals surface area contributed by atoms with E-state index in [1.165, 1.54) is 52.1 Å². The standard InChI is InChI=1S/C26H28ClN3O4S2/c1-4-12-29(13-5-2)36(32,33)22-10-8-19(9-11-22)25(31)30(17-21-7-6-14-34-21)26-28-24-18(3)15-20(27)16-23(24)35-26/h4-5,8-11,15-16,21H,1-2,6-7,12-14,17H2,3H3. The molecule has 1 aromatic heterocycles. The second-order valence-electron chi connectivity index (χ2n) is 8.54. The van der Waals surface area contributed by atoms with Crippen molar-refractivity contribution in [1.29, 1.82) is 0 Å². The fourth-order valence-electron chi connectivity index (χ4n) is 4.13. The molecule has 4 rings (SSSR count). The number of rotatable bonds is 10. The zero-order chi connectivity index (χ0) is 25.9. The topological polar surface area (TPSA) is 79.8 Å². The number of thiazole rings is 1. The molecule has 0 bridgehead atoms. The molecule has 0 radical (unpaired) electrons. The van der Waals surface area contributed by atoms with E-state index in [2.05, 4.69) is 13.2 Å². The Morgan fingerprint density at radius 3 is 2.53 bits per heavy atom. The summed E-state index contributed by atoms with van der Waals surface area (Å²) >= 11 is 7.63. The van der Waals surface area contributed by atoms with Gasteiger partial charge in [-0.1, -0.05) is 35.1 Å². The molecular weight excluding hydrogens is 518 g/mol. The van der Waals surface area contributed by atoms with Crippen LogP contribution in [0.4, 0.5) is 5.13 Å². The van der Waals surface area contributed by atoms with Gasteiger partial charge in [0, 0.05) is 30.3 Å². The molecule has 0 N–H and O–H groups in total. The molecule has 3 aromatic rings. The van der Waals surface area contributed by atoms with E-state index >= 15 is 0 Å². The Kier molecular flexibility index (Phi) is 8.27. The summed E-state index contributed by atoms with van der Waals surface area (Å²) in [5.74, 6) is -0.272. The minimum absolute atomic E-state index is 0.0864. The van der Waals surface area contributed by atoms with Crippen molar-refractivity contribution in [2.24, 2.45) is 0 Å². The summed E-state index contributed by atoms with van der Waals surface area (Å²) in [6, 6.07) is 9.67. The van der Waals surface area contributed by atoms with Crippen LogP contribution in [0, 0.1) is 6.92 Å². The predicted molar refractivity (Wildman–Crippen MR) is 146 cm³/mol. The Labute approximate surface area is 220 Å². The minimum atomic E-state index is -3.76. The van der Waals surface area contributed by atoms with Crippen molar-refractivity contribution < 1.29 is 17.9 Å². The van der Waals surface area contributed by atoms with Crippen LogP contribution >= 0.6 is 22.9 Å². The number of ether oxygens (including phenoxy) is 1. The highest BCUT2D eigenvalue weighted by molar-refractivity contribution is 7.89. The van der Waals surface area contributed by atoms with Crippen LogP contribution in [0.25, 0.3) is 10.2 Å². The number of hydrogen-bond donors (Lipinski definition) is 0. The summed E-state index contributed by atoms with van der Waals surface area (Å²) in [6.07, 6.45) is 4.76. The van der Waals surface area contributed by atoms with Crippen LogP contribution < -0.4 is 4.90 Å². The number of hydrogen-bond acceptors (Lipinski definition) is 6. The summed E-state index contributed by atoms with van der Waals surface area (Å²) in [5, 5.41) is 1.17. The predicted octanol–water partition coefficient (Wildman–Crippen LogP) is 5.45. The van der Waals surface area contributed by atoms with E-state index in [0.717, 1.165) is 28.6 Å². The summed E-state index contributed by atoms with van der Waals surface area (Å²) in [4.78, 5) is 20.2. The van der Waals surface area contributed by atoms with Crippen LogP contribution in [-0.2, 0) is 14.8 Å². The molecule has 1 atom stereocenters. The molecule has 1 aliphatic heterocycles. The molecule has 0 spiro atoms. The number of amides is 1. The molecule has 10 heteroatoms. The van der Waals surface area contributed by atoms with E-state index < -0.39 is 10.0 Å². The number of benzene rings is 2. The van der Waals surface area contributed by atoms with Gasteiger partial charge in [-0.15, -0.1) is 13.2 Å². The van der Waals surface area contributed by atoms with Crippen molar-refractivity contribution in [2.45, 2.75) is 30.8 Å². The first-order chi connectivity index (χ1) is 17.2. The Hall–Kier alpha value is -2.56.